The van der Waals surface area contributed by atoms with E-state index in [9.17, 15) is 0 Å². The van der Waals surface area contributed by atoms with Crippen LogP contribution in [0.4, 0.5) is 0 Å². The molecule has 1 aromatic carbocycles. The van der Waals surface area contributed by atoms with E-state index in [0.717, 1.165) is 10.9 Å². The van der Waals surface area contributed by atoms with Gasteiger partial charge in [0.1, 0.15) is 0 Å². The van der Waals surface area contributed by atoms with Gasteiger partial charge in [0.15, 0.2) is 0 Å². The van der Waals surface area contributed by atoms with E-state index in [0.29, 0.717) is 0 Å². The summed E-state index contributed by atoms with van der Waals surface area (Å²) >= 11 is 3.98. The second kappa shape index (κ2) is 1.56. The molecule has 1 nitrogen and oxygen atoms in total. The number of hydrogen-bond acceptors (Lipinski definition) is 1. The molecular formula is C23H29BrFeOSi. The Labute approximate surface area is 161 Å². The minimum absolute atomic E-state index is 0.286. The third-order valence-electron chi connectivity index (χ3n) is 18.6. The second-order valence-electron chi connectivity index (χ2n) is 15.5. The zero-order valence-corrected chi connectivity index (χ0v) is 20.5. The van der Waals surface area contributed by atoms with Gasteiger partial charge in [-0.15, -0.1) is 0 Å². The summed E-state index contributed by atoms with van der Waals surface area (Å²) < 4.78 is 8.97. The van der Waals surface area contributed by atoms with Crippen molar-refractivity contribution in [3.63, 3.8) is 0 Å². The van der Waals surface area contributed by atoms with Crippen LogP contribution in [0, 0.1) is 0 Å². The molecule has 10 aliphatic rings. The predicted molar refractivity (Wildman–Crippen MR) is 112 cm³/mol. The van der Waals surface area contributed by atoms with Crippen LogP contribution in [0.5, 0.6) is 0 Å². The van der Waals surface area contributed by atoms with Crippen molar-refractivity contribution in [1.82, 2.24) is 0 Å². The minimum atomic E-state index is -3.12. The van der Waals surface area contributed by atoms with E-state index in [2.05, 4.69) is 68.0 Å². The van der Waals surface area contributed by atoms with E-state index in [4.69, 9.17) is 4.43 Å². The molecule has 4 atom stereocenters. The van der Waals surface area contributed by atoms with Crippen LogP contribution in [0.25, 0.3) is 0 Å². The molecule has 0 radical (unpaired) electrons. The molecule has 0 N–H and O–H groups in total. The zero-order chi connectivity index (χ0) is 18.3. The average Bonchev–Trinajstić information content (AvgIpc) is 3.52. The summed E-state index contributed by atoms with van der Waals surface area (Å²) in [5.74, 6) is 0. The second-order valence-corrected chi connectivity index (χ2v) is 44.7. The van der Waals surface area contributed by atoms with Gasteiger partial charge in [0.25, 0.3) is 0 Å². The first-order valence-electron chi connectivity index (χ1n) is 11.0. The van der Waals surface area contributed by atoms with Gasteiger partial charge >= 0.3 is 162 Å². The third kappa shape index (κ3) is 0.255. The van der Waals surface area contributed by atoms with Gasteiger partial charge in [0.2, 0.25) is 0 Å². The Morgan fingerprint density at radius 2 is 1.56 bits per heavy atom. The molecule has 10 saturated heterocycles. The fourth-order valence-corrected chi connectivity index (χ4v) is 94.1. The first kappa shape index (κ1) is 13.6. The van der Waals surface area contributed by atoms with Crippen LogP contribution in [-0.4, -0.2) is 8.32 Å². The van der Waals surface area contributed by atoms with E-state index < -0.39 is 14.8 Å². The van der Waals surface area contributed by atoms with E-state index in [1.165, 1.54) is 47.8 Å². The Bertz CT molecular complexity index is 1360. The quantitative estimate of drug-likeness (QED) is 0.396. The number of rotatable bonds is 4. The van der Waals surface area contributed by atoms with Crippen molar-refractivity contribution in [3.05, 3.63) is 33.8 Å². The Balaban J connectivity index is 1.14. The molecule has 0 aliphatic carbocycles. The van der Waals surface area contributed by atoms with Crippen molar-refractivity contribution >= 4 is 24.2 Å². The zero-order valence-electron chi connectivity index (χ0n) is 16.8. The standard InChI is InChI=1S/C18H24BrOSi.C5H5.Fe/c1-18(2,3)21(4,5)20-13-16-15(11-8-12-17(16)19)14-9-6-7-10-14;1-2-4-5-3-1;/h6-12H,13H2,1-5H3;1-5H;. The summed E-state index contributed by atoms with van der Waals surface area (Å²) in [4.78, 5) is 12.4. The predicted octanol–water partition coefficient (Wildman–Crippen LogP) is 7.77. The molecule has 4 heteroatoms. The van der Waals surface area contributed by atoms with Crippen molar-refractivity contribution in [2.75, 3.05) is 0 Å². The van der Waals surface area contributed by atoms with Crippen LogP contribution >= 0.6 is 15.9 Å². The van der Waals surface area contributed by atoms with Gasteiger partial charge in [-0.3, -0.25) is 0 Å². The monoisotopic (exact) mass is 484 g/mol. The third-order valence-corrected chi connectivity index (χ3v) is 66.2. The Kier molecular flexibility index (Phi) is 0.790. The van der Waals surface area contributed by atoms with Crippen molar-refractivity contribution in [2.24, 2.45) is 0 Å². The van der Waals surface area contributed by atoms with Crippen molar-refractivity contribution < 1.29 is 10.9 Å². The Hall–Kier alpha value is 0.396. The van der Waals surface area contributed by atoms with Gasteiger partial charge in [-0.05, 0) is 0 Å². The topological polar surface area (TPSA) is 9.23 Å². The van der Waals surface area contributed by atoms with Crippen molar-refractivity contribution in [3.8, 4) is 0 Å². The number of benzene rings is 1. The molecule has 0 amide bonds. The first-order chi connectivity index (χ1) is 12.4. The van der Waals surface area contributed by atoms with Gasteiger partial charge in [-0.1, -0.05) is 0 Å². The SMILES string of the molecule is CC(C)(C)[Si](C)(C)OCc1c(Br)cccc1[C]12[CH]3[CH]4[CH]5[CH]1[Fe]45321678[CH]2[CH]1[CH]6[CH]7[CH]28. The summed E-state index contributed by atoms with van der Waals surface area (Å²) in [6, 6.07) is 7.25. The van der Waals surface area contributed by atoms with Gasteiger partial charge in [-0.25, -0.2) is 0 Å². The van der Waals surface area contributed by atoms with Crippen molar-refractivity contribution in [2.45, 2.75) is 93.2 Å². The van der Waals surface area contributed by atoms with Crippen LogP contribution in [0.3, 0.4) is 0 Å². The van der Waals surface area contributed by atoms with Crippen LogP contribution in [0.2, 0.25) is 61.5 Å². The van der Waals surface area contributed by atoms with E-state index in [1.54, 1.807) is 5.56 Å². The summed E-state index contributed by atoms with van der Waals surface area (Å²) in [6.45, 7) is 9.65. The average molecular weight is 485 g/mol. The van der Waals surface area contributed by atoms with Gasteiger partial charge in [0.05, 0.1) is 0 Å². The summed E-state index contributed by atoms with van der Waals surface area (Å²) in [6.07, 6.45) is 0. The Morgan fingerprint density at radius 1 is 1.00 bits per heavy atom. The van der Waals surface area contributed by atoms with Crippen LogP contribution in [0.1, 0.15) is 31.9 Å². The normalized spacial score (nSPS) is 80.7. The first-order valence-corrected chi connectivity index (χ1v) is 21.0. The molecule has 10 aliphatic heterocycles. The van der Waals surface area contributed by atoms with Crippen molar-refractivity contribution in [1.29, 1.82) is 0 Å². The maximum absolute atomic E-state index is 6.80. The molecule has 146 valence electrons. The molecule has 0 saturated carbocycles. The van der Waals surface area contributed by atoms with E-state index >= 15 is 0 Å². The summed E-state index contributed by atoms with van der Waals surface area (Å²) in [5, 5.41) is 0.286. The van der Waals surface area contributed by atoms with E-state index in [1.807, 2.05) is 5.56 Å². The molecule has 1 aromatic rings. The van der Waals surface area contributed by atoms with Gasteiger partial charge < -0.3 is 0 Å². The molecule has 10 heterocycles. The van der Waals surface area contributed by atoms with Gasteiger partial charge in [-0.2, -0.15) is 0 Å². The fraction of sp³-hybridized carbons (Fsp3) is 0.739. The molecule has 1 spiro atoms. The Morgan fingerprint density at radius 3 is 1.96 bits per heavy atom. The molecule has 11 rings (SSSR count). The summed E-state index contributed by atoms with van der Waals surface area (Å²) in [5.41, 5.74) is 3.43. The molecule has 0 bridgehead atoms. The fourth-order valence-electron chi connectivity index (χ4n) is 18.5. The van der Waals surface area contributed by atoms with E-state index in [-0.39, 0.29) is 5.04 Å². The summed E-state index contributed by atoms with van der Waals surface area (Å²) in [7, 11) is -1.72. The van der Waals surface area contributed by atoms with Gasteiger partial charge in [0, 0.05) is 0 Å². The van der Waals surface area contributed by atoms with Crippen LogP contribution in [0.15, 0.2) is 22.7 Å². The molecule has 27 heavy (non-hydrogen) atoms. The maximum atomic E-state index is 6.80. The molecular weight excluding hydrogens is 456 g/mol. The van der Waals surface area contributed by atoms with Crippen LogP contribution < -0.4 is 0 Å². The molecule has 4 unspecified atom stereocenters. The number of hydrogen-bond donors (Lipinski definition) is 0. The number of fused-ring (bicyclic) bond motifs is 10. The number of halogens is 1. The van der Waals surface area contributed by atoms with Crippen LogP contribution in [-0.2, 0) is 21.9 Å². The molecule has 0 aromatic heterocycles. The molecule has 10 fully saturated rings.